The Morgan fingerprint density at radius 3 is 2.47 bits per heavy atom. The van der Waals surface area contributed by atoms with Crippen LogP contribution in [0.4, 0.5) is 0 Å². The van der Waals surface area contributed by atoms with Gasteiger partial charge in [-0.15, -0.1) is 0 Å². The first-order valence-corrected chi connectivity index (χ1v) is 5.57. The van der Waals surface area contributed by atoms with Crippen molar-refractivity contribution in [2.45, 2.75) is 12.3 Å². The maximum atomic E-state index is 11.4. The number of carbonyl (C=O) groups excluding carboxylic acids is 2. The first-order chi connectivity index (χ1) is 8.17. The highest BCUT2D eigenvalue weighted by Crippen LogP contribution is 2.47. The molecular formula is C13H15NO3. The zero-order chi connectivity index (χ0) is 12.4. The molecule has 0 saturated heterocycles. The molecule has 0 spiro atoms. The maximum Gasteiger partial charge on any atom is 0.337 e. The summed E-state index contributed by atoms with van der Waals surface area (Å²) in [5.41, 5.74) is 1.64. The zero-order valence-electron chi connectivity index (χ0n) is 9.90. The molecule has 2 rings (SSSR count). The molecule has 1 N–H and O–H groups in total. The average molecular weight is 233 g/mol. The Hall–Kier alpha value is -1.84. The molecule has 90 valence electrons. The molecule has 1 aliphatic carbocycles. The molecular weight excluding hydrogens is 218 g/mol. The van der Waals surface area contributed by atoms with E-state index in [-0.39, 0.29) is 17.8 Å². The molecule has 1 saturated carbocycles. The lowest BCUT2D eigenvalue weighted by Gasteiger charge is -2.02. The van der Waals surface area contributed by atoms with Crippen LogP contribution in [0.15, 0.2) is 24.3 Å². The summed E-state index contributed by atoms with van der Waals surface area (Å²) < 4.78 is 4.63. The van der Waals surface area contributed by atoms with E-state index in [4.69, 9.17) is 0 Å². The van der Waals surface area contributed by atoms with Crippen molar-refractivity contribution in [1.29, 1.82) is 0 Å². The van der Waals surface area contributed by atoms with E-state index in [1.807, 2.05) is 12.1 Å². The van der Waals surface area contributed by atoms with Crippen molar-refractivity contribution in [3.05, 3.63) is 35.4 Å². The van der Waals surface area contributed by atoms with Gasteiger partial charge in [0.2, 0.25) is 5.91 Å². The molecule has 17 heavy (non-hydrogen) atoms. The van der Waals surface area contributed by atoms with Crippen LogP contribution < -0.4 is 5.32 Å². The van der Waals surface area contributed by atoms with Crippen LogP contribution in [0.3, 0.4) is 0 Å². The van der Waals surface area contributed by atoms with E-state index in [0.717, 1.165) is 12.0 Å². The van der Waals surface area contributed by atoms with E-state index in [1.165, 1.54) is 7.11 Å². The standard InChI is InChI=1S/C13H15NO3/c1-14-12(15)11-7-10(11)8-3-5-9(6-4-8)13(16)17-2/h3-6,10-11H,7H2,1-2H3,(H,14,15)/t10-,11+/m0/s1. The third-order valence-corrected chi connectivity index (χ3v) is 3.13. The summed E-state index contributed by atoms with van der Waals surface area (Å²) in [4.78, 5) is 22.6. The molecule has 0 radical (unpaired) electrons. The third-order valence-electron chi connectivity index (χ3n) is 3.13. The van der Waals surface area contributed by atoms with E-state index in [1.54, 1.807) is 19.2 Å². The van der Waals surface area contributed by atoms with Crippen LogP contribution >= 0.6 is 0 Å². The number of carbonyl (C=O) groups is 2. The molecule has 0 unspecified atom stereocenters. The van der Waals surface area contributed by atoms with Crippen LogP contribution in [0.2, 0.25) is 0 Å². The highest BCUT2D eigenvalue weighted by atomic mass is 16.5. The summed E-state index contributed by atoms with van der Waals surface area (Å²) in [6.07, 6.45) is 0.886. The second-order valence-electron chi connectivity index (χ2n) is 4.18. The molecule has 4 heteroatoms. The van der Waals surface area contributed by atoms with Crippen LogP contribution in [0.1, 0.15) is 28.3 Å². The van der Waals surface area contributed by atoms with Gasteiger partial charge in [0.05, 0.1) is 12.7 Å². The van der Waals surface area contributed by atoms with Gasteiger partial charge in [-0.2, -0.15) is 0 Å². The minimum atomic E-state index is -0.338. The van der Waals surface area contributed by atoms with Crippen LogP contribution in [-0.2, 0) is 9.53 Å². The number of methoxy groups -OCH3 is 1. The van der Waals surface area contributed by atoms with Crippen molar-refractivity contribution in [1.82, 2.24) is 5.32 Å². The molecule has 4 nitrogen and oxygen atoms in total. The van der Waals surface area contributed by atoms with Crippen LogP contribution in [0, 0.1) is 5.92 Å². The lowest BCUT2D eigenvalue weighted by atomic mass is 10.1. The van der Waals surface area contributed by atoms with E-state index < -0.39 is 0 Å². The van der Waals surface area contributed by atoms with Crippen LogP contribution in [-0.4, -0.2) is 26.0 Å². The number of hydrogen-bond donors (Lipinski definition) is 1. The number of amides is 1. The fraction of sp³-hybridized carbons (Fsp3) is 0.385. The molecule has 1 aliphatic rings. The fourth-order valence-corrected chi connectivity index (χ4v) is 2.02. The van der Waals surface area contributed by atoms with Crippen molar-refractivity contribution in [3.8, 4) is 0 Å². The molecule has 1 amide bonds. The second-order valence-corrected chi connectivity index (χ2v) is 4.18. The Bertz CT molecular complexity index is 438. The van der Waals surface area contributed by atoms with Gasteiger partial charge in [-0.1, -0.05) is 12.1 Å². The molecule has 0 bridgehead atoms. The number of hydrogen-bond acceptors (Lipinski definition) is 3. The Kier molecular flexibility index (Phi) is 3.13. The van der Waals surface area contributed by atoms with Crippen molar-refractivity contribution in [3.63, 3.8) is 0 Å². The minimum Gasteiger partial charge on any atom is -0.465 e. The minimum absolute atomic E-state index is 0.0870. The summed E-state index contributed by atoms with van der Waals surface area (Å²) in [6, 6.07) is 7.25. The highest BCUT2D eigenvalue weighted by molar-refractivity contribution is 5.89. The largest absolute Gasteiger partial charge is 0.465 e. The second kappa shape index (κ2) is 4.57. The summed E-state index contributed by atoms with van der Waals surface area (Å²) >= 11 is 0. The van der Waals surface area contributed by atoms with E-state index in [9.17, 15) is 9.59 Å². The quantitative estimate of drug-likeness (QED) is 0.801. The first kappa shape index (κ1) is 11.6. The highest BCUT2D eigenvalue weighted by Gasteiger charge is 2.43. The summed E-state index contributed by atoms with van der Waals surface area (Å²) in [5.74, 6) is 0.132. The molecule has 0 aliphatic heterocycles. The molecule has 1 aromatic rings. The van der Waals surface area contributed by atoms with Gasteiger partial charge in [-0.3, -0.25) is 4.79 Å². The molecule has 0 heterocycles. The lowest BCUT2D eigenvalue weighted by molar-refractivity contribution is -0.121. The first-order valence-electron chi connectivity index (χ1n) is 5.57. The molecule has 0 aromatic heterocycles. The van der Waals surface area contributed by atoms with Gasteiger partial charge >= 0.3 is 5.97 Å². The maximum absolute atomic E-state index is 11.4. The third kappa shape index (κ3) is 2.30. The van der Waals surface area contributed by atoms with Gasteiger partial charge in [0, 0.05) is 13.0 Å². The lowest BCUT2D eigenvalue weighted by Crippen LogP contribution is -2.20. The smallest absolute Gasteiger partial charge is 0.337 e. The Morgan fingerprint density at radius 2 is 1.94 bits per heavy atom. The van der Waals surface area contributed by atoms with Crippen molar-refractivity contribution >= 4 is 11.9 Å². The topological polar surface area (TPSA) is 55.4 Å². The number of esters is 1. The monoisotopic (exact) mass is 233 g/mol. The number of benzene rings is 1. The van der Waals surface area contributed by atoms with Crippen LogP contribution in [0.25, 0.3) is 0 Å². The van der Waals surface area contributed by atoms with Crippen LogP contribution in [0.5, 0.6) is 0 Å². The molecule has 1 fully saturated rings. The van der Waals surface area contributed by atoms with Gasteiger partial charge in [-0.25, -0.2) is 4.79 Å². The number of ether oxygens (including phenoxy) is 1. The molecule has 1 aromatic carbocycles. The van der Waals surface area contributed by atoms with Gasteiger partial charge in [0.1, 0.15) is 0 Å². The predicted molar refractivity (Wildman–Crippen MR) is 62.7 cm³/mol. The van der Waals surface area contributed by atoms with Crippen molar-refractivity contribution in [2.75, 3.05) is 14.2 Å². The van der Waals surface area contributed by atoms with Gasteiger partial charge in [0.25, 0.3) is 0 Å². The van der Waals surface area contributed by atoms with Gasteiger partial charge in [-0.05, 0) is 30.0 Å². The summed E-state index contributed by atoms with van der Waals surface area (Å²) in [7, 11) is 3.01. The van der Waals surface area contributed by atoms with Crippen molar-refractivity contribution in [2.24, 2.45) is 5.92 Å². The van der Waals surface area contributed by atoms with E-state index in [2.05, 4.69) is 10.1 Å². The summed E-state index contributed by atoms with van der Waals surface area (Å²) in [5, 5.41) is 2.65. The van der Waals surface area contributed by atoms with E-state index in [0.29, 0.717) is 11.5 Å². The number of nitrogens with one attached hydrogen (secondary N) is 1. The average Bonchev–Trinajstić information content (AvgIpc) is 3.17. The Balaban J connectivity index is 2.05. The Morgan fingerprint density at radius 1 is 1.29 bits per heavy atom. The van der Waals surface area contributed by atoms with E-state index >= 15 is 0 Å². The van der Waals surface area contributed by atoms with Gasteiger partial charge < -0.3 is 10.1 Å². The van der Waals surface area contributed by atoms with Crippen molar-refractivity contribution < 1.29 is 14.3 Å². The zero-order valence-corrected chi connectivity index (χ0v) is 9.90. The normalized spacial score (nSPS) is 21.8. The van der Waals surface area contributed by atoms with Gasteiger partial charge in [0.15, 0.2) is 0 Å². The summed E-state index contributed by atoms with van der Waals surface area (Å²) in [6.45, 7) is 0. The predicted octanol–water partition coefficient (Wildman–Crippen LogP) is 1.32. The number of rotatable bonds is 3. The molecule has 2 atom stereocenters. The Labute approximate surface area is 100.0 Å². The SMILES string of the molecule is CNC(=O)[C@@H]1C[C@H]1c1ccc(C(=O)OC)cc1. The fourth-order valence-electron chi connectivity index (χ4n) is 2.02.